The van der Waals surface area contributed by atoms with Gasteiger partial charge in [-0.15, -0.1) is 0 Å². The molecule has 0 N–H and O–H groups in total. The number of aromatic nitrogens is 1. The molecule has 0 aromatic carbocycles. The molecule has 2 rings (SSSR count). The van der Waals surface area contributed by atoms with Crippen LogP contribution in [0.3, 0.4) is 0 Å². The van der Waals surface area contributed by atoms with Crippen LogP contribution in [0.1, 0.15) is 23.2 Å². The van der Waals surface area contributed by atoms with Gasteiger partial charge in [-0.25, -0.2) is 0 Å². The predicted molar refractivity (Wildman–Crippen MR) is 49.0 cm³/mol. The number of rotatable bonds is 2. The van der Waals surface area contributed by atoms with E-state index >= 15 is 0 Å². The highest BCUT2D eigenvalue weighted by Crippen LogP contribution is 2.32. The molecule has 0 amide bonds. The van der Waals surface area contributed by atoms with Crippen LogP contribution in [-0.2, 0) is 0 Å². The van der Waals surface area contributed by atoms with Gasteiger partial charge in [-0.3, -0.25) is 9.78 Å². The van der Waals surface area contributed by atoms with Gasteiger partial charge in [-0.05, 0) is 34.8 Å². The first-order chi connectivity index (χ1) is 5.77. The Bertz CT molecular complexity index is 320. The molecule has 1 saturated carbocycles. The maximum Gasteiger partial charge on any atom is 0.167 e. The Morgan fingerprint density at radius 1 is 1.50 bits per heavy atom. The molecule has 1 aromatic heterocycles. The third-order valence-electron chi connectivity index (χ3n) is 1.94. The van der Waals surface area contributed by atoms with Crippen LogP contribution in [0.15, 0.2) is 22.9 Å². The van der Waals surface area contributed by atoms with Crippen LogP contribution in [0.4, 0.5) is 0 Å². The van der Waals surface area contributed by atoms with Crippen molar-refractivity contribution in [2.24, 2.45) is 5.92 Å². The van der Waals surface area contributed by atoms with Gasteiger partial charge in [0, 0.05) is 28.3 Å². The summed E-state index contributed by atoms with van der Waals surface area (Å²) < 4.78 is 0.869. The van der Waals surface area contributed by atoms with Gasteiger partial charge in [-0.2, -0.15) is 0 Å². The number of ketones is 1. The summed E-state index contributed by atoms with van der Waals surface area (Å²) in [6.07, 6.45) is 5.41. The van der Waals surface area contributed by atoms with E-state index in [9.17, 15) is 4.79 Å². The van der Waals surface area contributed by atoms with Crippen LogP contribution in [0.5, 0.6) is 0 Å². The third kappa shape index (κ3) is 1.55. The Morgan fingerprint density at radius 3 is 2.83 bits per heavy atom. The van der Waals surface area contributed by atoms with E-state index in [0.717, 1.165) is 22.9 Å². The highest BCUT2D eigenvalue weighted by atomic mass is 79.9. The van der Waals surface area contributed by atoms with Gasteiger partial charge in [0.05, 0.1) is 0 Å². The molecule has 3 heteroatoms. The molecule has 12 heavy (non-hydrogen) atoms. The fourth-order valence-electron chi connectivity index (χ4n) is 1.13. The third-order valence-corrected chi connectivity index (χ3v) is 2.37. The molecule has 0 aliphatic heterocycles. The molecular weight excluding hydrogens is 218 g/mol. The zero-order valence-corrected chi connectivity index (χ0v) is 8.04. The molecule has 62 valence electrons. The summed E-state index contributed by atoms with van der Waals surface area (Å²) in [7, 11) is 0. The fraction of sp³-hybridized carbons (Fsp3) is 0.333. The van der Waals surface area contributed by atoms with Gasteiger partial charge in [0.25, 0.3) is 0 Å². The van der Waals surface area contributed by atoms with Gasteiger partial charge in [-0.1, -0.05) is 0 Å². The fourth-order valence-corrected chi connectivity index (χ4v) is 1.49. The van der Waals surface area contributed by atoms with Crippen LogP contribution in [0, 0.1) is 5.92 Å². The van der Waals surface area contributed by atoms with Gasteiger partial charge < -0.3 is 0 Å². The lowest BCUT2D eigenvalue weighted by Gasteiger charge is -1.97. The van der Waals surface area contributed by atoms with E-state index in [2.05, 4.69) is 20.9 Å². The summed E-state index contributed by atoms with van der Waals surface area (Å²) in [6.45, 7) is 0. The number of carbonyl (C=O) groups is 1. The van der Waals surface area contributed by atoms with E-state index in [1.54, 1.807) is 12.4 Å². The molecule has 0 atom stereocenters. The Labute approximate surface area is 79.1 Å². The first-order valence-corrected chi connectivity index (χ1v) is 4.71. The maximum atomic E-state index is 11.5. The van der Waals surface area contributed by atoms with Crippen molar-refractivity contribution in [3.8, 4) is 0 Å². The van der Waals surface area contributed by atoms with E-state index in [0.29, 0.717) is 0 Å². The second kappa shape index (κ2) is 2.98. The minimum Gasteiger partial charge on any atom is -0.294 e. The SMILES string of the molecule is O=C(c1cncc(Br)c1)C1CC1. The second-order valence-electron chi connectivity index (χ2n) is 3.03. The average molecular weight is 226 g/mol. The largest absolute Gasteiger partial charge is 0.294 e. The average Bonchev–Trinajstić information content (AvgIpc) is 2.85. The molecule has 0 bridgehead atoms. The van der Waals surface area contributed by atoms with Crippen molar-refractivity contribution in [1.29, 1.82) is 0 Å². The van der Waals surface area contributed by atoms with E-state index < -0.39 is 0 Å². The molecule has 1 aliphatic rings. The van der Waals surface area contributed by atoms with Crippen molar-refractivity contribution in [2.75, 3.05) is 0 Å². The monoisotopic (exact) mass is 225 g/mol. The minimum atomic E-state index is 0.240. The Kier molecular flexibility index (Phi) is 1.97. The zero-order chi connectivity index (χ0) is 8.55. The minimum absolute atomic E-state index is 0.240. The number of halogens is 1. The molecule has 0 saturated heterocycles. The van der Waals surface area contributed by atoms with Crippen molar-refractivity contribution < 1.29 is 4.79 Å². The molecule has 1 fully saturated rings. The second-order valence-corrected chi connectivity index (χ2v) is 3.95. The summed E-state index contributed by atoms with van der Waals surface area (Å²) in [5.74, 6) is 0.518. The summed E-state index contributed by atoms with van der Waals surface area (Å²) in [4.78, 5) is 15.4. The molecule has 1 aromatic rings. The summed E-state index contributed by atoms with van der Waals surface area (Å²) in [5.41, 5.74) is 0.729. The molecule has 1 aliphatic carbocycles. The molecule has 2 nitrogen and oxygen atoms in total. The lowest BCUT2D eigenvalue weighted by Crippen LogP contribution is -2.01. The Hall–Kier alpha value is -0.700. The quantitative estimate of drug-likeness (QED) is 0.725. The van der Waals surface area contributed by atoms with E-state index in [1.807, 2.05) is 6.07 Å². The molecule has 0 unspecified atom stereocenters. The smallest absolute Gasteiger partial charge is 0.167 e. The van der Waals surface area contributed by atoms with E-state index in [1.165, 1.54) is 0 Å². The van der Waals surface area contributed by atoms with Crippen LogP contribution in [0.2, 0.25) is 0 Å². The van der Waals surface area contributed by atoms with E-state index in [-0.39, 0.29) is 11.7 Å². The van der Waals surface area contributed by atoms with Gasteiger partial charge in [0.2, 0.25) is 0 Å². The van der Waals surface area contributed by atoms with Gasteiger partial charge in [0.1, 0.15) is 0 Å². The zero-order valence-electron chi connectivity index (χ0n) is 6.46. The summed E-state index contributed by atoms with van der Waals surface area (Å²) >= 11 is 3.29. The molecular formula is C9H8BrNO. The summed E-state index contributed by atoms with van der Waals surface area (Å²) in [6, 6.07) is 1.83. The lowest BCUT2D eigenvalue weighted by molar-refractivity contribution is 0.0967. The standard InChI is InChI=1S/C9H8BrNO/c10-8-3-7(4-11-5-8)9(12)6-1-2-6/h3-6H,1-2H2. The van der Waals surface area contributed by atoms with Crippen molar-refractivity contribution in [2.45, 2.75) is 12.8 Å². The Morgan fingerprint density at radius 2 is 2.25 bits per heavy atom. The van der Waals surface area contributed by atoms with Crippen LogP contribution in [0.25, 0.3) is 0 Å². The predicted octanol–water partition coefficient (Wildman–Crippen LogP) is 2.44. The first-order valence-electron chi connectivity index (χ1n) is 3.92. The molecule has 1 heterocycles. The van der Waals surface area contributed by atoms with Crippen molar-refractivity contribution >= 4 is 21.7 Å². The van der Waals surface area contributed by atoms with Crippen molar-refractivity contribution in [3.63, 3.8) is 0 Å². The van der Waals surface area contributed by atoms with Crippen molar-refractivity contribution in [3.05, 3.63) is 28.5 Å². The topological polar surface area (TPSA) is 30.0 Å². The number of hydrogen-bond donors (Lipinski definition) is 0. The lowest BCUT2D eigenvalue weighted by atomic mass is 10.1. The number of carbonyl (C=O) groups excluding carboxylic acids is 1. The number of nitrogens with zero attached hydrogens (tertiary/aromatic N) is 1. The van der Waals surface area contributed by atoms with Gasteiger partial charge >= 0.3 is 0 Å². The number of pyridine rings is 1. The maximum absolute atomic E-state index is 11.5. The Balaban J connectivity index is 2.26. The van der Waals surface area contributed by atoms with Crippen LogP contribution in [-0.4, -0.2) is 10.8 Å². The highest BCUT2D eigenvalue weighted by molar-refractivity contribution is 9.10. The molecule has 0 spiro atoms. The van der Waals surface area contributed by atoms with Crippen molar-refractivity contribution in [1.82, 2.24) is 4.98 Å². The number of hydrogen-bond acceptors (Lipinski definition) is 2. The highest BCUT2D eigenvalue weighted by Gasteiger charge is 2.30. The molecule has 0 radical (unpaired) electrons. The van der Waals surface area contributed by atoms with Crippen LogP contribution >= 0.6 is 15.9 Å². The first kappa shape index (κ1) is 7.92. The number of Topliss-reactive ketones (excluding diaryl/α,β-unsaturated/α-hetero) is 1. The van der Waals surface area contributed by atoms with Crippen LogP contribution < -0.4 is 0 Å². The summed E-state index contributed by atoms with van der Waals surface area (Å²) in [5, 5.41) is 0. The van der Waals surface area contributed by atoms with E-state index in [4.69, 9.17) is 0 Å². The normalized spacial score (nSPS) is 16.1. The van der Waals surface area contributed by atoms with Gasteiger partial charge in [0.15, 0.2) is 5.78 Å².